The van der Waals surface area contributed by atoms with Crippen molar-refractivity contribution in [1.82, 2.24) is 14.7 Å². The third-order valence-electron chi connectivity index (χ3n) is 4.95. The Bertz CT molecular complexity index is 636. The predicted molar refractivity (Wildman–Crippen MR) is 89.4 cm³/mol. The van der Waals surface area contributed by atoms with Gasteiger partial charge in [-0.15, -0.1) is 0 Å². The summed E-state index contributed by atoms with van der Waals surface area (Å²) >= 11 is 0. The molecule has 5 heteroatoms. The van der Waals surface area contributed by atoms with Gasteiger partial charge in [0, 0.05) is 31.6 Å². The highest BCUT2D eigenvalue weighted by molar-refractivity contribution is 5.78. The Hall–Kier alpha value is -1.43. The molecule has 2 atom stereocenters. The molecule has 0 amide bonds. The number of aromatic nitrogens is 2. The van der Waals surface area contributed by atoms with Crippen LogP contribution >= 0.6 is 0 Å². The van der Waals surface area contributed by atoms with Crippen molar-refractivity contribution < 1.29 is 9.47 Å². The Kier molecular flexibility index (Phi) is 4.60. The van der Waals surface area contributed by atoms with Gasteiger partial charge in [-0.2, -0.15) is 5.10 Å². The van der Waals surface area contributed by atoms with Crippen LogP contribution in [0.3, 0.4) is 0 Å². The first-order valence-electron chi connectivity index (χ1n) is 8.78. The lowest BCUT2D eigenvalue weighted by molar-refractivity contribution is -0.163. The number of fused-ring (bicyclic) bond motifs is 1. The molecule has 2 aliphatic rings. The van der Waals surface area contributed by atoms with Crippen LogP contribution in [0.1, 0.15) is 31.7 Å². The lowest BCUT2D eigenvalue weighted by Crippen LogP contribution is -2.29. The number of rotatable bonds is 5. The van der Waals surface area contributed by atoms with E-state index in [1.54, 1.807) is 0 Å². The summed E-state index contributed by atoms with van der Waals surface area (Å²) in [4.78, 5) is 2.48. The van der Waals surface area contributed by atoms with Crippen LogP contribution in [0.2, 0.25) is 0 Å². The van der Waals surface area contributed by atoms with Crippen LogP contribution in [0.5, 0.6) is 0 Å². The average molecular weight is 315 g/mol. The minimum absolute atomic E-state index is 0.0252. The van der Waals surface area contributed by atoms with Gasteiger partial charge < -0.3 is 9.47 Å². The number of ether oxygens (including phenoxy) is 2. The zero-order chi connectivity index (χ0) is 15.5. The lowest BCUT2D eigenvalue weighted by Gasteiger charge is -2.24. The van der Waals surface area contributed by atoms with Gasteiger partial charge in [-0.3, -0.25) is 9.58 Å². The number of benzene rings is 1. The van der Waals surface area contributed by atoms with E-state index in [0.29, 0.717) is 6.04 Å². The molecule has 0 saturated carbocycles. The van der Waals surface area contributed by atoms with E-state index in [0.717, 1.165) is 45.7 Å². The Morgan fingerprint density at radius 1 is 1.22 bits per heavy atom. The maximum atomic E-state index is 5.85. The Balaban J connectivity index is 1.29. The Morgan fingerprint density at radius 2 is 2.17 bits per heavy atom. The van der Waals surface area contributed by atoms with Crippen LogP contribution in [0.25, 0.3) is 10.9 Å². The molecule has 2 aliphatic heterocycles. The van der Waals surface area contributed by atoms with Crippen LogP contribution in [-0.2, 0) is 9.47 Å². The average Bonchev–Trinajstić information content (AvgIpc) is 3.22. The maximum Gasteiger partial charge on any atom is 0.157 e. The summed E-state index contributed by atoms with van der Waals surface area (Å²) in [5.74, 6) is 0. The first kappa shape index (κ1) is 15.1. The fourth-order valence-corrected chi connectivity index (χ4v) is 3.65. The normalized spacial score (nSPS) is 26.1. The number of hydrogen-bond donors (Lipinski definition) is 0. The van der Waals surface area contributed by atoms with Crippen LogP contribution in [0, 0.1) is 0 Å². The summed E-state index contributed by atoms with van der Waals surface area (Å²) in [6.45, 7) is 4.77. The van der Waals surface area contributed by atoms with Gasteiger partial charge in [-0.1, -0.05) is 18.2 Å². The number of hydrogen-bond acceptors (Lipinski definition) is 4. The van der Waals surface area contributed by atoms with E-state index in [2.05, 4.69) is 38.9 Å². The molecule has 0 N–H and O–H groups in total. The summed E-state index contributed by atoms with van der Waals surface area (Å²) < 4.78 is 13.7. The second-order valence-electron chi connectivity index (χ2n) is 6.56. The van der Waals surface area contributed by atoms with E-state index in [1.165, 1.54) is 23.7 Å². The summed E-state index contributed by atoms with van der Waals surface area (Å²) in [7, 11) is 0. The molecule has 3 heterocycles. The molecule has 2 saturated heterocycles. The standard InChI is InChI=1S/C18H25N3O2/c1-2-6-17-15(5-1)13-19-21(17)16-8-9-20(14-16)10-12-23-18-7-3-4-11-22-18/h1-2,5-6,13,16,18H,3-4,7-12,14H2. The third kappa shape index (κ3) is 3.42. The molecule has 0 radical (unpaired) electrons. The molecule has 5 nitrogen and oxygen atoms in total. The monoisotopic (exact) mass is 315 g/mol. The van der Waals surface area contributed by atoms with Gasteiger partial charge in [-0.25, -0.2) is 0 Å². The number of para-hydroxylation sites is 1. The van der Waals surface area contributed by atoms with Gasteiger partial charge >= 0.3 is 0 Å². The van der Waals surface area contributed by atoms with Crippen LogP contribution < -0.4 is 0 Å². The third-order valence-corrected chi connectivity index (χ3v) is 4.95. The van der Waals surface area contributed by atoms with Crippen molar-refractivity contribution in [3.8, 4) is 0 Å². The number of likely N-dealkylation sites (tertiary alicyclic amines) is 1. The number of nitrogens with zero attached hydrogens (tertiary/aromatic N) is 3. The molecule has 0 aliphatic carbocycles. The molecular weight excluding hydrogens is 290 g/mol. The molecule has 23 heavy (non-hydrogen) atoms. The van der Waals surface area contributed by atoms with Gasteiger partial charge in [0.25, 0.3) is 0 Å². The fraction of sp³-hybridized carbons (Fsp3) is 0.611. The van der Waals surface area contributed by atoms with Gasteiger partial charge in [-0.05, 0) is 31.7 Å². The topological polar surface area (TPSA) is 39.5 Å². The van der Waals surface area contributed by atoms with Crippen LogP contribution in [-0.4, -0.2) is 53.8 Å². The van der Waals surface area contributed by atoms with E-state index in [1.807, 2.05) is 6.20 Å². The second-order valence-corrected chi connectivity index (χ2v) is 6.56. The highest BCUT2D eigenvalue weighted by Gasteiger charge is 2.25. The van der Waals surface area contributed by atoms with Crippen molar-refractivity contribution in [3.63, 3.8) is 0 Å². The second kappa shape index (κ2) is 6.99. The first-order chi connectivity index (χ1) is 11.4. The maximum absolute atomic E-state index is 5.85. The van der Waals surface area contributed by atoms with Crippen molar-refractivity contribution >= 4 is 10.9 Å². The van der Waals surface area contributed by atoms with Gasteiger partial charge in [0.15, 0.2) is 6.29 Å². The summed E-state index contributed by atoms with van der Waals surface area (Å²) in [6, 6.07) is 8.92. The highest BCUT2D eigenvalue weighted by Crippen LogP contribution is 2.25. The van der Waals surface area contributed by atoms with Gasteiger partial charge in [0.2, 0.25) is 0 Å². The van der Waals surface area contributed by atoms with Crippen molar-refractivity contribution in [2.45, 2.75) is 38.0 Å². The largest absolute Gasteiger partial charge is 0.353 e. The lowest BCUT2D eigenvalue weighted by atomic mass is 10.2. The van der Waals surface area contributed by atoms with Crippen LogP contribution in [0.15, 0.2) is 30.5 Å². The van der Waals surface area contributed by atoms with Crippen molar-refractivity contribution in [3.05, 3.63) is 30.5 Å². The van der Waals surface area contributed by atoms with E-state index in [4.69, 9.17) is 9.47 Å². The fourth-order valence-electron chi connectivity index (χ4n) is 3.65. The molecule has 2 unspecified atom stereocenters. The summed E-state index contributed by atoms with van der Waals surface area (Å²) in [5.41, 5.74) is 1.24. The molecule has 124 valence electrons. The predicted octanol–water partition coefficient (Wildman–Crippen LogP) is 2.83. The quantitative estimate of drug-likeness (QED) is 0.850. The van der Waals surface area contributed by atoms with Gasteiger partial charge in [0.1, 0.15) is 0 Å². The molecule has 2 aromatic rings. The van der Waals surface area contributed by atoms with Crippen LogP contribution in [0.4, 0.5) is 0 Å². The highest BCUT2D eigenvalue weighted by atomic mass is 16.7. The first-order valence-corrected chi connectivity index (χ1v) is 8.78. The van der Waals surface area contributed by atoms with Crippen molar-refractivity contribution in [2.24, 2.45) is 0 Å². The SMILES string of the molecule is c1ccc2c(c1)cnn2C1CCN(CCOC2CCCCO2)C1. The summed E-state index contributed by atoms with van der Waals surface area (Å²) in [6.07, 6.45) is 6.60. The molecular formula is C18H25N3O2. The van der Waals surface area contributed by atoms with E-state index >= 15 is 0 Å². The smallest absolute Gasteiger partial charge is 0.157 e. The minimum Gasteiger partial charge on any atom is -0.353 e. The van der Waals surface area contributed by atoms with E-state index in [-0.39, 0.29) is 6.29 Å². The van der Waals surface area contributed by atoms with Crippen molar-refractivity contribution in [2.75, 3.05) is 32.8 Å². The molecule has 1 aromatic carbocycles. The molecule has 0 spiro atoms. The Morgan fingerprint density at radius 3 is 3.09 bits per heavy atom. The van der Waals surface area contributed by atoms with Gasteiger partial charge in [0.05, 0.1) is 24.4 Å². The summed E-state index contributed by atoms with van der Waals surface area (Å²) in [5, 5.41) is 5.83. The van der Waals surface area contributed by atoms with Crippen molar-refractivity contribution in [1.29, 1.82) is 0 Å². The molecule has 2 fully saturated rings. The van der Waals surface area contributed by atoms with E-state index in [9.17, 15) is 0 Å². The molecule has 4 rings (SSSR count). The van der Waals surface area contributed by atoms with E-state index < -0.39 is 0 Å². The molecule has 0 bridgehead atoms. The zero-order valence-corrected chi connectivity index (χ0v) is 13.6. The minimum atomic E-state index is 0.0252. The zero-order valence-electron chi connectivity index (χ0n) is 13.6. The Labute approximate surface area is 137 Å². The molecule has 1 aromatic heterocycles.